The molecular weight excluding hydrogens is 265 g/mol. The average Bonchev–Trinajstić information content (AvgIpc) is 2.43. The minimum absolute atomic E-state index is 0.112. The molecule has 1 heterocycles. The van der Waals surface area contributed by atoms with Gasteiger partial charge < -0.3 is 20.7 Å². The van der Waals surface area contributed by atoms with Crippen molar-refractivity contribution in [2.24, 2.45) is 5.73 Å². The zero-order valence-corrected chi connectivity index (χ0v) is 11.1. The van der Waals surface area contributed by atoms with E-state index in [1.165, 1.54) is 17.0 Å². The number of amides is 3. The summed E-state index contributed by atoms with van der Waals surface area (Å²) < 4.78 is 18.3. The van der Waals surface area contributed by atoms with E-state index < -0.39 is 12.0 Å². The van der Waals surface area contributed by atoms with Gasteiger partial charge in [-0.2, -0.15) is 0 Å². The van der Waals surface area contributed by atoms with Crippen LogP contribution in [0.25, 0.3) is 0 Å². The molecule has 0 aromatic heterocycles. The Bertz CT molecular complexity index is 536. The van der Waals surface area contributed by atoms with E-state index in [0.717, 1.165) is 0 Å². The summed E-state index contributed by atoms with van der Waals surface area (Å²) in [7, 11) is 0. The van der Waals surface area contributed by atoms with Gasteiger partial charge in [-0.1, -0.05) is 0 Å². The van der Waals surface area contributed by atoms with Crippen molar-refractivity contribution >= 4 is 17.6 Å². The number of morpholine rings is 1. The van der Waals surface area contributed by atoms with Crippen molar-refractivity contribution < 1.29 is 18.7 Å². The molecule has 1 atom stereocenters. The fraction of sp³-hybridized carbons (Fsp3) is 0.385. The molecule has 3 N–H and O–H groups in total. The number of nitrogens with zero attached hydrogens (tertiary/aromatic N) is 1. The van der Waals surface area contributed by atoms with Crippen LogP contribution in [-0.2, 0) is 9.53 Å². The third-order valence-electron chi connectivity index (χ3n) is 3.08. The summed E-state index contributed by atoms with van der Waals surface area (Å²) >= 11 is 0. The number of halogens is 1. The number of primary amides is 1. The first-order valence-corrected chi connectivity index (χ1v) is 6.20. The number of nitrogens with one attached hydrogen (secondary N) is 1. The minimum atomic E-state index is -0.788. The van der Waals surface area contributed by atoms with Gasteiger partial charge in [0.25, 0.3) is 0 Å². The van der Waals surface area contributed by atoms with E-state index in [1.807, 2.05) is 0 Å². The van der Waals surface area contributed by atoms with Gasteiger partial charge in [0.2, 0.25) is 5.91 Å². The zero-order valence-electron chi connectivity index (χ0n) is 11.1. The highest BCUT2D eigenvalue weighted by molar-refractivity contribution is 5.90. The Morgan fingerprint density at radius 1 is 1.50 bits per heavy atom. The molecule has 0 saturated carbocycles. The van der Waals surface area contributed by atoms with Crippen LogP contribution in [0, 0.1) is 12.7 Å². The number of hydrogen-bond acceptors (Lipinski definition) is 3. The molecule has 20 heavy (non-hydrogen) atoms. The standard InChI is InChI=1S/C13H16FN3O3/c1-8-6-9(2-3-10(8)14)16-13(19)17-4-5-20-11(7-17)12(15)18/h2-3,6,11H,4-5,7H2,1H3,(H2,15,18)(H,16,19). The number of carbonyl (C=O) groups excluding carboxylic acids is 2. The molecule has 1 aromatic rings. The number of anilines is 1. The molecule has 108 valence electrons. The van der Waals surface area contributed by atoms with E-state index in [2.05, 4.69) is 5.32 Å². The summed E-state index contributed by atoms with van der Waals surface area (Å²) in [6.45, 7) is 2.35. The Morgan fingerprint density at radius 3 is 2.90 bits per heavy atom. The molecule has 1 aromatic carbocycles. The Morgan fingerprint density at radius 2 is 2.25 bits per heavy atom. The second kappa shape index (κ2) is 5.87. The Hall–Kier alpha value is -2.15. The van der Waals surface area contributed by atoms with E-state index >= 15 is 0 Å². The SMILES string of the molecule is Cc1cc(NC(=O)N2CCOC(C(N)=O)C2)ccc1F. The highest BCUT2D eigenvalue weighted by Gasteiger charge is 2.27. The van der Waals surface area contributed by atoms with E-state index in [1.54, 1.807) is 13.0 Å². The smallest absolute Gasteiger partial charge is 0.322 e. The molecule has 0 aliphatic carbocycles. The van der Waals surface area contributed by atoms with Gasteiger partial charge in [0.1, 0.15) is 5.82 Å². The van der Waals surface area contributed by atoms with Crippen molar-refractivity contribution in [3.8, 4) is 0 Å². The maximum atomic E-state index is 13.1. The number of hydrogen-bond donors (Lipinski definition) is 2. The van der Waals surface area contributed by atoms with E-state index in [4.69, 9.17) is 10.5 Å². The molecule has 3 amide bonds. The average molecular weight is 281 g/mol. The molecule has 1 fully saturated rings. The number of benzene rings is 1. The largest absolute Gasteiger partial charge is 0.367 e. The molecule has 0 bridgehead atoms. The normalized spacial score (nSPS) is 18.7. The maximum absolute atomic E-state index is 13.1. The minimum Gasteiger partial charge on any atom is -0.367 e. The number of urea groups is 1. The van der Waals surface area contributed by atoms with E-state index in [-0.39, 0.29) is 25.0 Å². The van der Waals surface area contributed by atoms with Crippen LogP contribution in [0.2, 0.25) is 0 Å². The number of rotatable bonds is 2. The van der Waals surface area contributed by atoms with Crippen LogP contribution >= 0.6 is 0 Å². The number of carbonyl (C=O) groups is 2. The predicted octanol–water partition coefficient (Wildman–Crippen LogP) is 0.852. The van der Waals surface area contributed by atoms with Crippen molar-refractivity contribution in [1.29, 1.82) is 0 Å². The second-order valence-corrected chi connectivity index (χ2v) is 4.60. The molecule has 0 radical (unpaired) electrons. The summed E-state index contributed by atoms with van der Waals surface area (Å²) in [5.74, 6) is -0.928. The third kappa shape index (κ3) is 3.24. The summed E-state index contributed by atoms with van der Waals surface area (Å²) in [6.07, 6.45) is -0.788. The van der Waals surface area contributed by atoms with E-state index in [9.17, 15) is 14.0 Å². The lowest BCUT2D eigenvalue weighted by Gasteiger charge is -2.31. The van der Waals surface area contributed by atoms with Crippen LogP contribution in [0.5, 0.6) is 0 Å². The molecule has 1 aliphatic rings. The molecule has 2 rings (SSSR count). The van der Waals surface area contributed by atoms with Crippen LogP contribution < -0.4 is 11.1 Å². The second-order valence-electron chi connectivity index (χ2n) is 4.60. The fourth-order valence-electron chi connectivity index (χ4n) is 1.93. The van der Waals surface area contributed by atoms with Gasteiger partial charge in [0, 0.05) is 12.2 Å². The van der Waals surface area contributed by atoms with Crippen molar-refractivity contribution in [3.05, 3.63) is 29.6 Å². The van der Waals surface area contributed by atoms with Crippen LogP contribution in [-0.4, -0.2) is 42.6 Å². The van der Waals surface area contributed by atoms with Crippen molar-refractivity contribution in [2.75, 3.05) is 25.0 Å². The number of nitrogens with two attached hydrogens (primary N) is 1. The van der Waals surface area contributed by atoms with Crippen LogP contribution in [0.4, 0.5) is 14.9 Å². The lowest BCUT2D eigenvalue weighted by Crippen LogP contribution is -2.51. The van der Waals surface area contributed by atoms with Gasteiger partial charge in [0.05, 0.1) is 13.2 Å². The number of aryl methyl sites for hydroxylation is 1. The zero-order chi connectivity index (χ0) is 14.7. The van der Waals surface area contributed by atoms with Gasteiger partial charge in [-0.05, 0) is 30.7 Å². The molecule has 0 spiro atoms. The van der Waals surface area contributed by atoms with Gasteiger partial charge in [-0.25, -0.2) is 9.18 Å². The van der Waals surface area contributed by atoms with E-state index in [0.29, 0.717) is 17.8 Å². The summed E-state index contributed by atoms with van der Waals surface area (Å²) in [5.41, 5.74) is 6.10. The summed E-state index contributed by atoms with van der Waals surface area (Å²) in [6, 6.07) is 3.94. The molecule has 6 nitrogen and oxygen atoms in total. The molecule has 7 heteroatoms. The number of ether oxygens (including phenoxy) is 1. The van der Waals surface area contributed by atoms with Crippen molar-refractivity contribution in [1.82, 2.24) is 4.90 Å². The maximum Gasteiger partial charge on any atom is 0.322 e. The van der Waals surface area contributed by atoms with Gasteiger partial charge >= 0.3 is 6.03 Å². The van der Waals surface area contributed by atoms with Gasteiger partial charge in [-0.15, -0.1) is 0 Å². The third-order valence-corrected chi connectivity index (χ3v) is 3.08. The van der Waals surface area contributed by atoms with Crippen molar-refractivity contribution in [3.63, 3.8) is 0 Å². The monoisotopic (exact) mass is 281 g/mol. The highest BCUT2D eigenvalue weighted by atomic mass is 19.1. The summed E-state index contributed by atoms with van der Waals surface area (Å²) in [4.78, 5) is 24.5. The molecule has 1 aliphatic heterocycles. The fourth-order valence-corrected chi connectivity index (χ4v) is 1.93. The lowest BCUT2D eigenvalue weighted by atomic mass is 10.2. The first-order chi connectivity index (χ1) is 9.47. The quantitative estimate of drug-likeness (QED) is 0.843. The predicted molar refractivity (Wildman–Crippen MR) is 70.7 cm³/mol. The first-order valence-electron chi connectivity index (χ1n) is 6.20. The van der Waals surface area contributed by atoms with Gasteiger partial charge in [0.15, 0.2) is 6.10 Å². The van der Waals surface area contributed by atoms with Gasteiger partial charge in [-0.3, -0.25) is 4.79 Å². The van der Waals surface area contributed by atoms with Crippen LogP contribution in [0.1, 0.15) is 5.56 Å². The Balaban J connectivity index is 2.00. The highest BCUT2D eigenvalue weighted by Crippen LogP contribution is 2.15. The molecular formula is C13H16FN3O3. The van der Waals surface area contributed by atoms with Crippen molar-refractivity contribution in [2.45, 2.75) is 13.0 Å². The van der Waals surface area contributed by atoms with Crippen LogP contribution in [0.3, 0.4) is 0 Å². The first kappa shape index (κ1) is 14.3. The Kier molecular flexibility index (Phi) is 4.19. The van der Waals surface area contributed by atoms with Crippen LogP contribution in [0.15, 0.2) is 18.2 Å². The topological polar surface area (TPSA) is 84.7 Å². The lowest BCUT2D eigenvalue weighted by molar-refractivity contribution is -0.133. The summed E-state index contributed by atoms with van der Waals surface area (Å²) in [5, 5.41) is 2.65. The Labute approximate surface area is 115 Å². The molecule has 1 unspecified atom stereocenters. The molecule has 1 saturated heterocycles.